The molecule has 7 nitrogen and oxygen atoms in total. The second-order valence-electron chi connectivity index (χ2n) is 8.03. The highest BCUT2D eigenvalue weighted by Gasteiger charge is 2.61. The average Bonchev–Trinajstić information content (AvgIpc) is 2.74. The summed E-state index contributed by atoms with van der Waals surface area (Å²) < 4.78 is 27.8. The highest BCUT2D eigenvalue weighted by Crippen LogP contribution is 2.50. The first kappa shape index (κ1) is 17.8. The minimum Gasteiger partial charge on any atom is -0.444 e. The number of likely N-dealkylation sites (tertiary alicyclic amines) is 2. The Morgan fingerprint density at radius 3 is 2.33 bits per heavy atom. The number of amides is 2. The number of fused-ring (bicyclic) bond motifs is 1. The third kappa shape index (κ3) is 3.79. The molecular formula is C15H23ClN2O5S. The Balaban J connectivity index is 1.53. The lowest BCUT2D eigenvalue weighted by atomic mass is 10.1. The molecule has 2 heterocycles. The average molecular weight is 379 g/mol. The molecule has 9 heteroatoms. The Labute approximate surface area is 146 Å². The van der Waals surface area contributed by atoms with Gasteiger partial charge in [0.1, 0.15) is 5.60 Å². The van der Waals surface area contributed by atoms with Crippen molar-refractivity contribution in [1.29, 1.82) is 0 Å². The number of ether oxygens (including phenoxy) is 1. The molecule has 4 atom stereocenters. The summed E-state index contributed by atoms with van der Waals surface area (Å²) in [7, 11) is 1.70. The van der Waals surface area contributed by atoms with Crippen molar-refractivity contribution >= 4 is 31.7 Å². The van der Waals surface area contributed by atoms with Crippen LogP contribution in [0.3, 0.4) is 0 Å². The van der Waals surface area contributed by atoms with Crippen LogP contribution in [0.25, 0.3) is 0 Å². The van der Waals surface area contributed by atoms with Crippen molar-refractivity contribution in [2.75, 3.05) is 25.4 Å². The van der Waals surface area contributed by atoms with Crippen LogP contribution in [0.1, 0.15) is 27.2 Å². The van der Waals surface area contributed by atoms with Crippen LogP contribution in [0.15, 0.2) is 0 Å². The molecule has 0 aromatic carbocycles. The fourth-order valence-electron chi connectivity index (χ4n) is 3.92. The van der Waals surface area contributed by atoms with Gasteiger partial charge >= 0.3 is 6.09 Å². The topological polar surface area (TPSA) is 84.0 Å². The molecule has 0 aromatic heterocycles. The van der Waals surface area contributed by atoms with Gasteiger partial charge in [0.05, 0.1) is 5.75 Å². The number of hydrogen-bond donors (Lipinski definition) is 0. The second kappa shape index (κ2) is 5.76. The number of nitrogens with zero attached hydrogens (tertiary/aromatic N) is 2. The molecule has 1 saturated carbocycles. The van der Waals surface area contributed by atoms with E-state index in [1.54, 1.807) is 9.80 Å². The molecular weight excluding hydrogens is 356 g/mol. The first-order chi connectivity index (χ1) is 10.9. The van der Waals surface area contributed by atoms with Gasteiger partial charge in [-0.15, -0.1) is 0 Å². The largest absolute Gasteiger partial charge is 0.444 e. The van der Waals surface area contributed by atoms with E-state index >= 15 is 0 Å². The van der Waals surface area contributed by atoms with E-state index in [4.69, 9.17) is 15.4 Å². The van der Waals surface area contributed by atoms with Crippen LogP contribution in [0.2, 0.25) is 0 Å². The van der Waals surface area contributed by atoms with Crippen LogP contribution in [0, 0.1) is 17.8 Å². The van der Waals surface area contributed by atoms with E-state index in [1.165, 1.54) is 0 Å². The molecule has 2 saturated heterocycles. The molecule has 24 heavy (non-hydrogen) atoms. The number of carbonyl (C=O) groups is 2. The number of piperidine rings is 1. The zero-order chi connectivity index (χ0) is 17.9. The summed E-state index contributed by atoms with van der Waals surface area (Å²) in [6.07, 6.45) is -0.0789. The van der Waals surface area contributed by atoms with E-state index in [1.807, 2.05) is 20.8 Å². The van der Waals surface area contributed by atoms with E-state index in [9.17, 15) is 18.0 Å². The number of halogens is 1. The van der Waals surface area contributed by atoms with Gasteiger partial charge in [0.15, 0.2) is 0 Å². The van der Waals surface area contributed by atoms with E-state index in [-0.39, 0.29) is 48.0 Å². The monoisotopic (exact) mass is 378 g/mol. The molecule has 3 rings (SSSR count). The Morgan fingerprint density at radius 1 is 1.25 bits per heavy atom. The van der Waals surface area contributed by atoms with Crippen molar-refractivity contribution in [3.8, 4) is 0 Å². The number of carbonyl (C=O) groups excluding carboxylic acids is 2. The minimum absolute atomic E-state index is 0.0106. The van der Waals surface area contributed by atoms with Gasteiger partial charge in [-0.05, 0) is 20.8 Å². The van der Waals surface area contributed by atoms with E-state index in [0.717, 1.165) is 0 Å². The van der Waals surface area contributed by atoms with Gasteiger partial charge < -0.3 is 14.5 Å². The van der Waals surface area contributed by atoms with Crippen molar-refractivity contribution in [3.63, 3.8) is 0 Å². The molecule has 2 aliphatic heterocycles. The fraction of sp³-hybridized carbons (Fsp3) is 0.867. The van der Waals surface area contributed by atoms with Gasteiger partial charge in [0, 0.05) is 60.5 Å². The molecule has 0 radical (unpaired) electrons. The lowest BCUT2D eigenvalue weighted by Crippen LogP contribution is -2.40. The molecule has 136 valence electrons. The minimum atomic E-state index is -3.59. The highest BCUT2D eigenvalue weighted by molar-refractivity contribution is 8.13. The smallest absolute Gasteiger partial charge is 0.410 e. The van der Waals surface area contributed by atoms with E-state index < -0.39 is 14.7 Å². The van der Waals surface area contributed by atoms with Crippen molar-refractivity contribution in [2.45, 2.75) is 38.8 Å². The summed E-state index contributed by atoms with van der Waals surface area (Å²) >= 11 is 0. The summed E-state index contributed by atoms with van der Waals surface area (Å²) in [6.45, 7) is 7.11. The van der Waals surface area contributed by atoms with E-state index in [2.05, 4.69) is 0 Å². The van der Waals surface area contributed by atoms with Gasteiger partial charge in [0.2, 0.25) is 15.0 Å². The third-order valence-corrected chi connectivity index (χ3v) is 6.08. The first-order valence-corrected chi connectivity index (χ1v) is 10.6. The number of rotatable bonds is 3. The van der Waals surface area contributed by atoms with Gasteiger partial charge in [-0.1, -0.05) is 0 Å². The van der Waals surface area contributed by atoms with Crippen LogP contribution < -0.4 is 0 Å². The van der Waals surface area contributed by atoms with Crippen molar-refractivity contribution in [3.05, 3.63) is 0 Å². The zero-order valence-corrected chi connectivity index (χ0v) is 15.6. The summed E-state index contributed by atoms with van der Waals surface area (Å²) in [5.74, 6) is 0.135. The van der Waals surface area contributed by atoms with Crippen molar-refractivity contribution < 1.29 is 22.7 Å². The van der Waals surface area contributed by atoms with Crippen LogP contribution in [0.4, 0.5) is 4.79 Å². The molecule has 1 aliphatic carbocycles. The quantitative estimate of drug-likeness (QED) is 0.690. The zero-order valence-electron chi connectivity index (χ0n) is 14.1. The standard InChI is InChI=1S/C15H23ClN2O5S/c1-15(2,3)23-14(20)17-6-10-11(7-17)13(10)18-5-9(4-12(18)19)8-24(16,21)22/h9-11,13H,4-8H2,1-3H3/t9?,10-,11+,13?. The van der Waals surface area contributed by atoms with Crippen LogP contribution in [0.5, 0.6) is 0 Å². The molecule has 0 N–H and O–H groups in total. The highest BCUT2D eigenvalue weighted by atomic mass is 35.7. The second-order valence-corrected chi connectivity index (χ2v) is 10.8. The Kier molecular flexibility index (Phi) is 4.27. The molecule has 3 fully saturated rings. The maximum atomic E-state index is 12.2. The summed E-state index contributed by atoms with van der Waals surface area (Å²) in [5.41, 5.74) is -0.519. The predicted octanol–water partition coefficient (Wildman–Crippen LogP) is 1.27. The maximum Gasteiger partial charge on any atom is 0.410 e. The summed E-state index contributed by atoms with van der Waals surface area (Å²) in [5, 5.41) is 0. The summed E-state index contributed by atoms with van der Waals surface area (Å²) in [4.78, 5) is 27.7. The van der Waals surface area contributed by atoms with Crippen molar-refractivity contribution in [1.82, 2.24) is 9.80 Å². The van der Waals surface area contributed by atoms with Gasteiger partial charge in [-0.3, -0.25) is 4.79 Å². The molecule has 2 unspecified atom stereocenters. The van der Waals surface area contributed by atoms with Crippen molar-refractivity contribution in [2.24, 2.45) is 17.8 Å². The lowest BCUT2D eigenvalue weighted by molar-refractivity contribution is -0.128. The van der Waals surface area contributed by atoms with Crippen LogP contribution in [-0.4, -0.2) is 67.2 Å². The molecule has 0 bridgehead atoms. The summed E-state index contributed by atoms with van der Waals surface area (Å²) in [6, 6.07) is 0.124. The fourth-order valence-corrected chi connectivity index (χ4v) is 5.24. The van der Waals surface area contributed by atoms with Crippen LogP contribution >= 0.6 is 10.7 Å². The molecule has 2 amide bonds. The Hall–Kier alpha value is -1.02. The first-order valence-electron chi connectivity index (χ1n) is 8.14. The molecule has 0 aromatic rings. The van der Waals surface area contributed by atoms with Gasteiger partial charge in [-0.25, -0.2) is 13.2 Å². The Bertz CT molecular complexity index is 647. The van der Waals surface area contributed by atoms with Crippen LogP contribution in [-0.2, 0) is 18.6 Å². The Morgan fingerprint density at radius 2 is 1.83 bits per heavy atom. The normalized spacial score (nSPS) is 32.9. The lowest BCUT2D eigenvalue weighted by Gasteiger charge is -2.27. The number of hydrogen-bond acceptors (Lipinski definition) is 5. The van der Waals surface area contributed by atoms with Gasteiger partial charge in [0.25, 0.3) is 0 Å². The molecule has 0 spiro atoms. The predicted molar refractivity (Wildman–Crippen MR) is 88.0 cm³/mol. The maximum absolute atomic E-state index is 12.2. The SMILES string of the molecule is CC(C)(C)OC(=O)N1C[C@@H]2C(N3CC(CS(=O)(=O)Cl)CC3=O)[C@@H]2C1. The third-order valence-electron chi connectivity index (χ3n) is 4.83. The molecule has 3 aliphatic rings. The van der Waals surface area contributed by atoms with Gasteiger partial charge in [-0.2, -0.15) is 0 Å². The van der Waals surface area contributed by atoms with E-state index in [0.29, 0.717) is 19.6 Å².